The van der Waals surface area contributed by atoms with Crippen LogP contribution < -0.4 is 4.74 Å². The van der Waals surface area contributed by atoms with Gasteiger partial charge in [-0.15, -0.1) is 0 Å². The van der Waals surface area contributed by atoms with Crippen LogP contribution in [0.15, 0.2) is 23.1 Å². The largest absolute Gasteiger partial charge is 0.495 e. The number of benzene rings is 1. The van der Waals surface area contributed by atoms with E-state index in [4.69, 9.17) is 4.74 Å². The third-order valence-corrected chi connectivity index (χ3v) is 3.79. The van der Waals surface area contributed by atoms with Gasteiger partial charge in [-0.2, -0.15) is 0 Å². The summed E-state index contributed by atoms with van der Waals surface area (Å²) in [5.41, 5.74) is 0.772. The molecule has 0 fully saturated rings. The summed E-state index contributed by atoms with van der Waals surface area (Å²) in [6.45, 7) is 1.76. The summed E-state index contributed by atoms with van der Waals surface area (Å²) >= 11 is 0. The number of hydrogen-bond acceptors (Lipinski definition) is 5. The molecular formula is C11H14O5S. The Morgan fingerprint density at radius 2 is 1.94 bits per heavy atom. The fraction of sp³-hybridized carbons (Fsp3) is 0.364. The van der Waals surface area contributed by atoms with Gasteiger partial charge in [-0.05, 0) is 24.6 Å². The van der Waals surface area contributed by atoms with E-state index in [-0.39, 0.29) is 10.6 Å². The molecular weight excluding hydrogens is 244 g/mol. The number of esters is 1. The van der Waals surface area contributed by atoms with Crippen molar-refractivity contribution >= 4 is 15.8 Å². The number of rotatable bonds is 4. The van der Waals surface area contributed by atoms with Crippen molar-refractivity contribution in [2.75, 3.05) is 20.0 Å². The first-order chi connectivity index (χ1) is 7.90. The number of ether oxygens (including phenoxy) is 2. The van der Waals surface area contributed by atoms with Crippen molar-refractivity contribution in [2.24, 2.45) is 0 Å². The number of methoxy groups -OCH3 is 2. The standard InChI is InChI=1S/C11H14O5S/c1-8-4-5-9(15-2)10(6-8)17(13,14)7-11(12)16-3/h4-6H,7H2,1-3H3. The van der Waals surface area contributed by atoms with Crippen molar-refractivity contribution in [1.29, 1.82) is 0 Å². The Hall–Kier alpha value is -1.56. The Labute approximate surface area is 100 Å². The minimum absolute atomic E-state index is 0.00500. The lowest BCUT2D eigenvalue weighted by molar-refractivity contribution is -0.137. The molecule has 0 spiro atoms. The molecule has 0 atom stereocenters. The summed E-state index contributed by atoms with van der Waals surface area (Å²) in [6.07, 6.45) is 0. The zero-order chi connectivity index (χ0) is 13.1. The summed E-state index contributed by atoms with van der Waals surface area (Å²) in [6, 6.07) is 4.76. The molecule has 0 aliphatic carbocycles. The third-order valence-electron chi connectivity index (χ3n) is 2.19. The second-order valence-electron chi connectivity index (χ2n) is 3.49. The molecule has 0 bridgehead atoms. The minimum atomic E-state index is -3.74. The van der Waals surface area contributed by atoms with Crippen LogP contribution in [0.3, 0.4) is 0 Å². The van der Waals surface area contributed by atoms with Gasteiger partial charge in [0, 0.05) is 0 Å². The average Bonchev–Trinajstić information content (AvgIpc) is 2.28. The molecule has 1 aromatic rings. The average molecular weight is 258 g/mol. The molecule has 1 aromatic carbocycles. The lowest BCUT2D eigenvalue weighted by atomic mass is 10.2. The Morgan fingerprint density at radius 1 is 1.29 bits per heavy atom. The van der Waals surface area contributed by atoms with Crippen LogP contribution in [0.2, 0.25) is 0 Å². The topological polar surface area (TPSA) is 69.7 Å². The molecule has 94 valence electrons. The zero-order valence-corrected chi connectivity index (χ0v) is 10.7. The molecule has 5 nitrogen and oxygen atoms in total. The van der Waals surface area contributed by atoms with Gasteiger partial charge < -0.3 is 9.47 Å². The van der Waals surface area contributed by atoms with Crippen LogP contribution in [0, 0.1) is 6.92 Å². The van der Waals surface area contributed by atoms with E-state index in [9.17, 15) is 13.2 Å². The van der Waals surface area contributed by atoms with E-state index in [1.165, 1.54) is 13.2 Å². The van der Waals surface area contributed by atoms with Gasteiger partial charge in [0.05, 0.1) is 14.2 Å². The first-order valence-corrected chi connectivity index (χ1v) is 6.50. The summed E-state index contributed by atoms with van der Waals surface area (Å²) in [5.74, 6) is -1.27. The summed E-state index contributed by atoms with van der Waals surface area (Å²) in [4.78, 5) is 11.0. The Bertz CT molecular complexity index is 519. The van der Waals surface area contributed by atoms with Crippen molar-refractivity contribution in [1.82, 2.24) is 0 Å². The minimum Gasteiger partial charge on any atom is -0.495 e. The van der Waals surface area contributed by atoms with Crippen LogP contribution in [-0.2, 0) is 19.4 Å². The molecule has 0 aliphatic rings. The van der Waals surface area contributed by atoms with Gasteiger partial charge >= 0.3 is 5.97 Å². The second-order valence-corrected chi connectivity index (χ2v) is 5.45. The molecule has 0 heterocycles. The lowest BCUT2D eigenvalue weighted by Crippen LogP contribution is -2.18. The molecule has 0 aliphatic heterocycles. The lowest BCUT2D eigenvalue weighted by Gasteiger charge is -2.09. The van der Waals surface area contributed by atoms with E-state index in [0.29, 0.717) is 0 Å². The van der Waals surface area contributed by atoms with Crippen LogP contribution in [0.5, 0.6) is 5.75 Å². The van der Waals surface area contributed by atoms with E-state index in [1.807, 2.05) is 0 Å². The monoisotopic (exact) mass is 258 g/mol. The smallest absolute Gasteiger partial charge is 0.321 e. The van der Waals surface area contributed by atoms with E-state index in [1.54, 1.807) is 19.1 Å². The maximum Gasteiger partial charge on any atom is 0.321 e. The van der Waals surface area contributed by atoms with Gasteiger partial charge in [0.1, 0.15) is 10.6 Å². The van der Waals surface area contributed by atoms with E-state index < -0.39 is 21.6 Å². The number of aryl methyl sites for hydroxylation is 1. The van der Waals surface area contributed by atoms with Crippen LogP contribution in [0.1, 0.15) is 5.56 Å². The van der Waals surface area contributed by atoms with Crippen LogP contribution in [-0.4, -0.2) is 34.4 Å². The predicted molar refractivity (Wildman–Crippen MR) is 61.8 cm³/mol. The highest BCUT2D eigenvalue weighted by Crippen LogP contribution is 2.25. The van der Waals surface area contributed by atoms with E-state index in [0.717, 1.165) is 12.7 Å². The molecule has 0 saturated carbocycles. The summed E-state index contributed by atoms with van der Waals surface area (Å²) < 4.78 is 33.2. The highest BCUT2D eigenvalue weighted by atomic mass is 32.2. The van der Waals surface area contributed by atoms with Gasteiger partial charge in [-0.25, -0.2) is 8.42 Å². The van der Waals surface area contributed by atoms with Crippen LogP contribution in [0.4, 0.5) is 0 Å². The SMILES string of the molecule is COC(=O)CS(=O)(=O)c1cc(C)ccc1OC. The van der Waals surface area contributed by atoms with Crippen LogP contribution in [0.25, 0.3) is 0 Å². The van der Waals surface area contributed by atoms with Gasteiger partial charge in [0.2, 0.25) is 0 Å². The number of carbonyl (C=O) groups excluding carboxylic acids is 1. The van der Waals surface area contributed by atoms with Crippen molar-refractivity contribution in [3.63, 3.8) is 0 Å². The molecule has 0 saturated heterocycles. The Morgan fingerprint density at radius 3 is 2.47 bits per heavy atom. The molecule has 0 unspecified atom stereocenters. The highest BCUT2D eigenvalue weighted by molar-refractivity contribution is 7.92. The summed E-state index contributed by atoms with van der Waals surface area (Å²) in [7, 11) is -1.22. The predicted octanol–water partition coefficient (Wildman–Crippen LogP) is 0.950. The van der Waals surface area contributed by atoms with E-state index in [2.05, 4.69) is 4.74 Å². The van der Waals surface area contributed by atoms with Crippen molar-refractivity contribution < 1.29 is 22.7 Å². The van der Waals surface area contributed by atoms with Crippen molar-refractivity contribution in [3.8, 4) is 5.75 Å². The molecule has 0 N–H and O–H groups in total. The van der Waals surface area contributed by atoms with Crippen LogP contribution >= 0.6 is 0 Å². The number of carbonyl (C=O) groups is 1. The molecule has 6 heteroatoms. The van der Waals surface area contributed by atoms with Gasteiger partial charge in [-0.1, -0.05) is 6.07 Å². The zero-order valence-electron chi connectivity index (χ0n) is 9.89. The fourth-order valence-electron chi connectivity index (χ4n) is 1.32. The maximum absolute atomic E-state index is 12.0. The molecule has 0 radical (unpaired) electrons. The van der Waals surface area contributed by atoms with Gasteiger partial charge in [0.15, 0.2) is 15.6 Å². The summed E-state index contributed by atoms with van der Waals surface area (Å²) in [5, 5.41) is 0. The third kappa shape index (κ3) is 3.20. The Balaban J connectivity index is 3.22. The van der Waals surface area contributed by atoms with Gasteiger partial charge in [0.25, 0.3) is 0 Å². The van der Waals surface area contributed by atoms with E-state index >= 15 is 0 Å². The van der Waals surface area contributed by atoms with Crippen molar-refractivity contribution in [3.05, 3.63) is 23.8 Å². The number of hydrogen-bond donors (Lipinski definition) is 0. The molecule has 1 rings (SSSR count). The fourth-order valence-corrected chi connectivity index (χ4v) is 2.73. The molecule has 17 heavy (non-hydrogen) atoms. The quantitative estimate of drug-likeness (QED) is 0.752. The Kier molecular flexibility index (Phi) is 4.11. The first kappa shape index (κ1) is 13.5. The highest BCUT2D eigenvalue weighted by Gasteiger charge is 2.23. The maximum atomic E-state index is 12.0. The molecule has 0 aromatic heterocycles. The van der Waals surface area contributed by atoms with Gasteiger partial charge in [-0.3, -0.25) is 4.79 Å². The normalized spacial score (nSPS) is 11.0. The second kappa shape index (κ2) is 5.18. The number of sulfone groups is 1. The van der Waals surface area contributed by atoms with Crippen molar-refractivity contribution in [2.45, 2.75) is 11.8 Å². The first-order valence-electron chi connectivity index (χ1n) is 4.85. The molecule has 0 amide bonds.